The molecular formula is C19H23NO4. The molecule has 1 aromatic rings. The summed E-state index contributed by atoms with van der Waals surface area (Å²) in [5.74, 6) is 1.57. The quantitative estimate of drug-likeness (QED) is 0.626. The van der Waals surface area contributed by atoms with Gasteiger partial charge in [-0.15, -0.1) is 0 Å². The normalized spacial score (nSPS) is 21.4. The van der Waals surface area contributed by atoms with E-state index in [0.29, 0.717) is 12.5 Å². The number of ether oxygens (including phenoxy) is 3. The molecule has 2 heterocycles. The molecule has 1 aromatic carbocycles. The summed E-state index contributed by atoms with van der Waals surface area (Å²) >= 11 is 0. The van der Waals surface area contributed by atoms with Crippen molar-refractivity contribution in [2.75, 3.05) is 6.61 Å². The van der Waals surface area contributed by atoms with Gasteiger partial charge in [-0.25, -0.2) is 9.79 Å². The standard InChI is InChI=1S/C19H23NO4/c1-6-22-15-9-12-7-11(2)23-16(12)10-13(15)8-14-17(21)24-18(20-14)19(3,4)5/h8-11H,6-7H2,1-5H3. The van der Waals surface area contributed by atoms with Gasteiger partial charge in [0.1, 0.15) is 17.6 Å². The maximum Gasteiger partial charge on any atom is 0.363 e. The van der Waals surface area contributed by atoms with Crippen LogP contribution in [0.15, 0.2) is 22.8 Å². The summed E-state index contributed by atoms with van der Waals surface area (Å²) in [5, 5.41) is 0. The van der Waals surface area contributed by atoms with Crippen molar-refractivity contribution in [2.24, 2.45) is 10.4 Å². The highest BCUT2D eigenvalue weighted by molar-refractivity contribution is 6.08. The molecule has 0 N–H and O–H groups in total. The van der Waals surface area contributed by atoms with Gasteiger partial charge in [0.15, 0.2) is 5.70 Å². The first-order valence-electron chi connectivity index (χ1n) is 8.27. The lowest BCUT2D eigenvalue weighted by molar-refractivity contribution is -0.130. The largest absolute Gasteiger partial charge is 0.493 e. The van der Waals surface area contributed by atoms with Crippen molar-refractivity contribution < 1.29 is 19.0 Å². The van der Waals surface area contributed by atoms with E-state index in [0.717, 1.165) is 29.0 Å². The molecule has 2 aliphatic heterocycles. The number of cyclic esters (lactones) is 1. The highest BCUT2D eigenvalue weighted by atomic mass is 16.6. The molecule has 1 unspecified atom stereocenters. The fourth-order valence-corrected chi connectivity index (χ4v) is 2.73. The van der Waals surface area contributed by atoms with Gasteiger partial charge < -0.3 is 14.2 Å². The molecule has 2 aliphatic rings. The average molecular weight is 329 g/mol. The predicted molar refractivity (Wildman–Crippen MR) is 92.4 cm³/mol. The number of fused-ring (bicyclic) bond motifs is 1. The summed E-state index contributed by atoms with van der Waals surface area (Å²) < 4.78 is 16.8. The Bertz CT molecular complexity index is 740. The lowest BCUT2D eigenvalue weighted by atomic mass is 9.97. The van der Waals surface area contributed by atoms with Crippen LogP contribution in [0.4, 0.5) is 0 Å². The van der Waals surface area contributed by atoms with E-state index < -0.39 is 5.97 Å². The van der Waals surface area contributed by atoms with E-state index in [1.807, 2.05) is 46.8 Å². The number of rotatable bonds is 3. The molecule has 3 rings (SSSR count). The van der Waals surface area contributed by atoms with Gasteiger partial charge in [0, 0.05) is 23.0 Å². The smallest absolute Gasteiger partial charge is 0.363 e. The maximum atomic E-state index is 12.1. The second-order valence-corrected chi connectivity index (χ2v) is 7.15. The van der Waals surface area contributed by atoms with Crippen LogP contribution in [0, 0.1) is 5.41 Å². The predicted octanol–water partition coefficient (Wildman–Crippen LogP) is 3.75. The maximum absolute atomic E-state index is 12.1. The molecule has 0 saturated heterocycles. The number of nitrogens with zero attached hydrogens (tertiary/aromatic N) is 1. The lowest BCUT2D eigenvalue weighted by Gasteiger charge is -2.15. The van der Waals surface area contributed by atoms with Crippen LogP contribution in [0.3, 0.4) is 0 Å². The van der Waals surface area contributed by atoms with E-state index in [4.69, 9.17) is 14.2 Å². The fourth-order valence-electron chi connectivity index (χ4n) is 2.73. The third kappa shape index (κ3) is 3.16. The molecule has 5 nitrogen and oxygen atoms in total. The molecule has 0 radical (unpaired) electrons. The molecule has 0 fully saturated rings. The van der Waals surface area contributed by atoms with Crippen LogP contribution >= 0.6 is 0 Å². The third-order valence-corrected chi connectivity index (χ3v) is 3.88. The Hall–Kier alpha value is -2.30. The minimum Gasteiger partial charge on any atom is -0.493 e. The van der Waals surface area contributed by atoms with E-state index >= 15 is 0 Å². The summed E-state index contributed by atoms with van der Waals surface area (Å²) in [6.45, 7) is 10.4. The number of carbonyl (C=O) groups excluding carboxylic acids is 1. The topological polar surface area (TPSA) is 57.1 Å². The van der Waals surface area contributed by atoms with Crippen LogP contribution in [-0.2, 0) is 16.0 Å². The van der Waals surface area contributed by atoms with Gasteiger partial charge in [-0.3, -0.25) is 0 Å². The van der Waals surface area contributed by atoms with Crippen molar-refractivity contribution >= 4 is 17.9 Å². The molecule has 24 heavy (non-hydrogen) atoms. The van der Waals surface area contributed by atoms with Gasteiger partial charge in [0.05, 0.1) is 6.61 Å². The molecule has 0 amide bonds. The molecule has 0 spiro atoms. The Morgan fingerprint density at radius 3 is 2.75 bits per heavy atom. The highest BCUT2D eigenvalue weighted by Gasteiger charge is 2.32. The minimum atomic E-state index is -0.433. The van der Waals surface area contributed by atoms with E-state index in [9.17, 15) is 4.79 Å². The van der Waals surface area contributed by atoms with Gasteiger partial charge >= 0.3 is 5.97 Å². The Balaban J connectivity index is 2.01. The molecule has 1 atom stereocenters. The lowest BCUT2D eigenvalue weighted by Crippen LogP contribution is -2.21. The monoisotopic (exact) mass is 329 g/mol. The molecular weight excluding hydrogens is 306 g/mol. The van der Waals surface area contributed by atoms with Crippen LogP contribution in [0.1, 0.15) is 45.7 Å². The second-order valence-electron chi connectivity index (χ2n) is 7.15. The first kappa shape index (κ1) is 16.6. The van der Waals surface area contributed by atoms with Crippen molar-refractivity contribution in [1.82, 2.24) is 0 Å². The first-order chi connectivity index (χ1) is 11.3. The number of hydrogen-bond acceptors (Lipinski definition) is 5. The molecule has 0 aromatic heterocycles. The van der Waals surface area contributed by atoms with Crippen molar-refractivity contribution in [2.45, 2.75) is 47.1 Å². The number of aliphatic imine (C=N–C) groups is 1. The van der Waals surface area contributed by atoms with Gasteiger partial charge in [-0.05, 0) is 32.1 Å². The van der Waals surface area contributed by atoms with Crippen molar-refractivity contribution in [3.8, 4) is 11.5 Å². The van der Waals surface area contributed by atoms with Gasteiger partial charge in [0.2, 0.25) is 5.90 Å². The van der Waals surface area contributed by atoms with Crippen LogP contribution in [0.25, 0.3) is 6.08 Å². The summed E-state index contributed by atoms with van der Waals surface area (Å²) in [4.78, 5) is 16.5. The third-order valence-electron chi connectivity index (χ3n) is 3.88. The van der Waals surface area contributed by atoms with E-state index in [1.54, 1.807) is 6.08 Å². The molecule has 0 aliphatic carbocycles. The van der Waals surface area contributed by atoms with Gasteiger partial charge in [0.25, 0.3) is 0 Å². The summed E-state index contributed by atoms with van der Waals surface area (Å²) in [7, 11) is 0. The Kier molecular flexibility index (Phi) is 4.11. The minimum absolute atomic E-state index is 0.152. The zero-order valence-electron chi connectivity index (χ0n) is 14.8. The van der Waals surface area contributed by atoms with Crippen molar-refractivity contribution in [3.05, 3.63) is 29.0 Å². The molecule has 0 saturated carbocycles. The van der Waals surface area contributed by atoms with Gasteiger partial charge in [-0.1, -0.05) is 20.8 Å². The van der Waals surface area contributed by atoms with Crippen LogP contribution in [-0.4, -0.2) is 24.6 Å². The SMILES string of the molecule is CCOc1cc2c(cc1C=C1N=C(C(C)(C)C)OC1=O)OC(C)C2. The second kappa shape index (κ2) is 5.96. The summed E-state index contributed by atoms with van der Waals surface area (Å²) in [5.41, 5.74) is 1.87. The fraction of sp³-hybridized carbons (Fsp3) is 0.474. The number of esters is 1. The molecule has 128 valence electrons. The Labute approximate surface area is 142 Å². The number of hydrogen-bond donors (Lipinski definition) is 0. The zero-order chi connectivity index (χ0) is 17.5. The van der Waals surface area contributed by atoms with Crippen LogP contribution < -0.4 is 9.47 Å². The molecule has 5 heteroatoms. The van der Waals surface area contributed by atoms with Gasteiger partial charge in [-0.2, -0.15) is 0 Å². The summed E-state index contributed by atoms with van der Waals surface area (Å²) in [6, 6.07) is 3.90. The average Bonchev–Trinajstić information content (AvgIpc) is 3.01. The van der Waals surface area contributed by atoms with E-state index in [1.165, 1.54) is 0 Å². The summed E-state index contributed by atoms with van der Waals surface area (Å²) in [6.07, 6.45) is 2.72. The number of benzene rings is 1. The zero-order valence-corrected chi connectivity index (χ0v) is 14.8. The van der Waals surface area contributed by atoms with E-state index in [-0.39, 0.29) is 17.2 Å². The van der Waals surface area contributed by atoms with E-state index in [2.05, 4.69) is 4.99 Å². The highest BCUT2D eigenvalue weighted by Crippen LogP contribution is 2.37. The Morgan fingerprint density at radius 2 is 2.12 bits per heavy atom. The Morgan fingerprint density at radius 1 is 1.38 bits per heavy atom. The molecule has 0 bridgehead atoms. The van der Waals surface area contributed by atoms with Crippen molar-refractivity contribution in [3.63, 3.8) is 0 Å². The number of carbonyl (C=O) groups is 1. The van der Waals surface area contributed by atoms with Crippen LogP contribution in [0.2, 0.25) is 0 Å². The first-order valence-corrected chi connectivity index (χ1v) is 8.27. The van der Waals surface area contributed by atoms with Crippen molar-refractivity contribution in [1.29, 1.82) is 0 Å². The van der Waals surface area contributed by atoms with Crippen LogP contribution in [0.5, 0.6) is 11.5 Å².